The zero-order valence-corrected chi connectivity index (χ0v) is 12.4. The van der Waals surface area contributed by atoms with Crippen LogP contribution in [0, 0.1) is 0 Å². The van der Waals surface area contributed by atoms with E-state index in [0.29, 0.717) is 11.9 Å². The van der Waals surface area contributed by atoms with Crippen LogP contribution in [0.25, 0.3) is 0 Å². The minimum Gasteiger partial charge on any atom is -0.329 e. The number of hydrogen-bond acceptors (Lipinski definition) is 4. The average Bonchev–Trinajstić information content (AvgIpc) is 3.20. The van der Waals surface area contributed by atoms with Crippen LogP contribution in [0.5, 0.6) is 0 Å². The fraction of sp³-hybridized carbons (Fsp3) is 0.375. The SMILES string of the molecule is NC[C@H](C(=O)Nc1ccn([C@@H]2CCNC2)n1)c1ccccc1. The first-order chi connectivity index (χ1) is 10.8. The van der Waals surface area contributed by atoms with E-state index in [9.17, 15) is 4.79 Å². The molecule has 3 rings (SSSR count). The number of rotatable bonds is 5. The Balaban J connectivity index is 1.68. The van der Waals surface area contributed by atoms with Crippen molar-refractivity contribution in [3.05, 3.63) is 48.2 Å². The summed E-state index contributed by atoms with van der Waals surface area (Å²) in [5, 5.41) is 10.6. The molecule has 0 spiro atoms. The fourth-order valence-electron chi connectivity index (χ4n) is 2.77. The number of nitrogens with one attached hydrogen (secondary N) is 2. The number of anilines is 1. The number of amides is 1. The Morgan fingerprint density at radius 2 is 2.23 bits per heavy atom. The molecule has 0 saturated carbocycles. The number of nitrogens with two attached hydrogens (primary N) is 1. The summed E-state index contributed by atoms with van der Waals surface area (Å²) in [6, 6.07) is 11.8. The van der Waals surface area contributed by atoms with Gasteiger partial charge in [0.05, 0.1) is 12.0 Å². The van der Waals surface area contributed by atoms with Gasteiger partial charge in [0.25, 0.3) is 0 Å². The number of aromatic nitrogens is 2. The first-order valence-corrected chi connectivity index (χ1v) is 7.59. The highest BCUT2D eigenvalue weighted by molar-refractivity contribution is 5.95. The second-order valence-corrected chi connectivity index (χ2v) is 5.52. The van der Waals surface area contributed by atoms with Crippen LogP contribution >= 0.6 is 0 Å². The van der Waals surface area contributed by atoms with Gasteiger partial charge in [-0.1, -0.05) is 30.3 Å². The molecule has 0 aliphatic carbocycles. The molecule has 1 aromatic carbocycles. The highest BCUT2D eigenvalue weighted by Crippen LogP contribution is 2.19. The third-order valence-electron chi connectivity index (χ3n) is 4.02. The van der Waals surface area contributed by atoms with Gasteiger partial charge in [-0.25, -0.2) is 0 Å². The van der Waals surface area contributed by atoms with E-state index in [1.165, 1.54) is 0 Å². The summed E-state index contributed by atoms with van der Waals surface area (Å²) in [6.45, 7) is 2.20. The third kappa shape index (κ3) is 3.18. The molecule has 6 heteroatoms. The van der Waals surface area contributed by atoms with E-state index in [4.69, 9.17) is 5.73 Å². The van der Waals surface area contributed by atoms with Crippen LogP contribution in [0.15, 0.2) is 42.6 Å². The third-order valence-corrected chi connectivity index (χ3v) is 4.02. The Labute approximate surface area is 129 Å². The molecule has 0 radical (unpaired) electrons. The van der Waals surface area contributed by atoms with E-state index in [-0.39, 0.29) is 18.4 Å². The number of carbonyl (C=O) groups is 1. The molecule has 4 N–H and O–H groups in total. The summed E-state index contributed by atoms with van der Waals surface area (Å²) >= 11 is 0. The summed E-state index contributed by atoms with van der Waals surface area (Å²) in [5.41, 5.74) is 6.69. The van der Waals surface area contributed by atoms with Crippen LogP contribution in [-0.2, 0) is 4.79 Å². The highest BCUT2D eigenvalue weighted by atomic mass is 16.2. The van der Waals surface area contributed by atoms with Crippen LogP contribution in [-0.4, -0.2) is 35.3 Å². The van der Waals surface area contributed by atoms with Crippen molar-refractivity contribution in [3.8, 4) is 0 Å². The lowest BCUT2D eigenvalue weighted by Crippen LogP contribution is -2.27. The number of nitrogens with zero attached hydrogens (tertiary/aromatic N) is 2. The maximum atomic E-state index is 12.4. The molecule has 1 amide bonds. The van der Waals surface area contributed by atoms with Gasteiger partial charge in [0, 0.05) is 25.4 Å². The molecular weight excluding hydrogens is 278 g/mol. The van der Waals surface area contributed by atoms with Gasteiger partial charge in [0.15, 0.2) is 5.82 Å². The first-order valence-electron chi connectivity index (χ1n) is 7.59. The van der Waals surface area contributed by atoms with Gasteiger partial charge in [0.2, 0.25) is 5.91 Å². The smallest absolute Gasteiger partial charge is 0.234 e. The van der Waals surface area contributed by atoms with E-state index in [1.54, 1.807) is 0 Å². The van der Waals surface area contributed by atoms with Crippen molar-refractivity contribution < 1.29 is 4.79 Å². The lowest BCUT2D eigenvalue weighted by atomic mass is 9.98. The molecule has 6 nitrogen and oxygen atoms in total. The molecule has 1 aromatic heterocycles. The van der Waals surface area contributed by atoms with Crippen LogP contribution in [0.4, 0.5) is 5.82 Å². The van der Waals surface area contributed by atoms with Crippen LogP contribution < -0.4 is 16.4 Å². The predicted molar refractivity (Wildman–Crippen MR) is 85.6 cm³/mol. The molecule has 0 unspecified atom stereocenters. The van der Waals surface area contributed by atoms with Crippen molar-refractivity contribution >= 4 is 11.7 Å². The summed E-state index contributed by atoms with van der Waals surface area (Å²) in [7, 11) is 0. The van der Waals surface area contributed by atoms with Gasteiger partial charge in [-0.2, -0.15) is 5.10 Å². The second-order valence-electron chi connectivity index (χ2n) is 5.52. The van der Waals surface area contributed by atoms with E-state index < -0.39 is 0 Å². The van der Waals surface area contributed by atoms with Gasteiger partial charge in [-0.3, -0.25) is 9.48 Å². The summed E-state index contributed by atoms with van der Waals surface area (Å²) in [6.07, 6.45) is 2.97. The van der Waals surface area contributed by atoms with Crippen molar-refractivity contribution in [2.24, 2.45) is 5.73 Å². The monoisotopic (exact) mass is 299 g/mol. The van der Waals surface area contributed by atoms with Gasteiger partial charge >= 0.3 is 0 Å². The van der Waals surface area contributed by atoms with Gasteiger partial charge < -0.3 is 16.4 Å². The minimum atomic E-state index is -0.362. The molecule has 116 valence electrons. The Morgan fingerprint density at radius 3 is 2.91 bits per heavy atom. The quantitative estimate of drug-likeness (QED) is 0.772. The zero-order chi connectivity index (χ0) is 15.4. The number of hydrogen-bond donors (Lipinski definition) is 3. The van der Waals surface area contributed by atoms with E-state index in [0.717, 1.165) is 25.1 Å². The van der Waals surface area contributed by atoms with Crippen molar-refractivity contribution in [1.82, 2.24) is 15.1 Å². The van der Waals surface area contributed by atoms with Crippen molar-refractivity contribution in [2.45, 2.75) is 18.4 Å². The van der Waals surface area contributed by atoms with Crippen LogP contribution in [0.2, 0.25) is 0 Å². The maximum absolute atomic E-state index is 12.4. The molecule has 2 atom stereocenters. The minimum absolute atomic E-state index is 0.122. The topological polar surface area (TPSA) is 85.0 Å². The Bertz CT molecular complexity index is 618. The second kappa shape index (κ2) is 6.72. The summed E-state index contributed by atoms with van der Waals surface area (Å²) < 4.78 is 1.91. The van der Waals surface area contributed by atoms with Crippen LogP contribution in [0.3, 0.4) is 0 Å². The molecular formula is C16H21N5O. The van der Waals surface area contributed by atoms with E-state index >= 15 is 0 Å². The normalized spacial score (nSPS) is 19.0. The largest absolute Gasteiger partial charge is 0.329 e. The molecule has 0 bridgehead atoms. The zero-order valence-electron chi connectivity index (χ0n) is 12.4. The summed E-state index contributed by atoms with van der Waals surface area (Å²) in [4.78, 5) is 12.4. The molecule has 1 saturated heterocycles. The molecule has 2 heterocycles. The van der Waals surface area contributed by atoms with Crippen molar-refractivity contribution in [2.75, 3.05) is 25.0 Å². The molecule has 2 aromatic rings. The Morgan fingerprint density at radius 1 is 1.41 bits per heavy atom. The Hall–Kier alpha value is -2.18. The number of benzene rings is 1. The summed E-state index contributed by atoms with van der Waals surface area (Å²) in [5.74, 6) is 0.0919. The van der Waals surface area contributed by atoms with Crippen molar-refractivity contribution in [3.63, 3.8) is 0 Å². The van der Waals surface area contributed by atoms with E-state index in [1.807, 2.05) is 47.3 Å². The first kappa shape index (κ1) is 14.7. The molecule has 1 aliphatic rings. The lowest BCUT2D eigenvalue weighted by molar-refractivity contribution is -0.117. The maximum Gasteiger partial charge on any atom is 0.234 e. The number of carbonyl (C=O) groups excluding carboxylic acids is 1. The fourth-order valence-corrected chi connectivity index (χ4v) is 2.77. The van der Waals surface area contributed by atoms with Crippen LogP contribution in [0.1, 0.15) is 23.9 Å². The lowest BCUT2D eigenvalue weighted by Gasteiger charge is -2.14. The van der Waals surface area contributed by atoms with Gasteiger partial charge in [-0.15, -0.1) is 0 Å². The molecule has 22 heavy (non-hydrogen) atoms. The molecule has 1 aliphatic heterocycles. The Kier molecular flexibility index (Phi) is 4.50. The molecule has 1 fully saturated rings. The van der Waals surface area contributed by atoms with Gasteiger partial charge in [0.1, 0.15) is 0 Å². The average molecular weight is 299 g/mol. The van der Waals surface area contributed by atoms with Crippen molar-refractivity contribution in [1.29, 1.82) is 0 Å². The van der Waals surface area contributed by atoms with E-state index in [2.05, 4.69) is 15.7 Å². The van der Waals surface area contributed by atoms with Gasteiger partial charge in [-0.05, 0) is 18.5 Å². The highest BCUT2D eigenvalue weighted by Gasteiger charge is 2.21. The predicted octanol–water partition coefficient (Wildman–Crippen LogP) is 1.10. The standard InChI is InChI=1S/C16H21N5O/c17-10-14(12-4-2-1-3-5-12)16(22)19-15-7-9-21(20-15)13-6-8-18-11-13/h1-5,7,9,13-14,18H,6,8,10-11,17H2,(H,19,20,22)/t13-,14+/m1/s1.